The molecule has 96 valence electrons. The van der Waals surface area contributed by atoms with Crippen LogP contribution in [-0.2, 0) is 4.79 Å². The highest BCUT2D eigenvalue weighted by Crippen LogP contribution is 2.29. The first kappa shape index (κ1) is 14.0. The second kappa shape index (κ2) is 7.28. The first-order valence-electron chi connectivity index (χ1n) is 6.43. The molecule has 1 amide bonds. The summed E-state index contributed by atoms with van der Waals surface area (Å²) < 4.78 is 0. The summed E-state index contributed by atoms with van der Waals surface area (Å²) in [7, 11) is 0. The lowest BCUT2D eigenvalue weighted by molar-refractivity contribution is -0.135. The van der Waals surface area contributed by atoms with E-state index in [1.54, 1.807) is 12.2 Å². The quantitative estimate of drug-likeness (QED) is 0.717. The Hall–Kier alpha value is -1.09. The Labute approximate surface area is 104 Å². The molecule has 0 heterocycles. The molecule has 0 spiro atoms. The van der Waals surface area contributed by atoms with Crippen LogP contribution in [0.3, 0.4) is 0 Å². The maximum atomic E-state index is 12.3. The number of nitrogens with two attached hydrogens (primary N) is 1. The average Bonchev–Trinajstić information content (AvgIpc) is 2.38. The van der Waals surface area contributed by atoms with Crippen LogP contribution in [0.2, 0.25) is 0 Å². The van der Waals surface area contributed by atoms with Crippen LogP contribution >= 0.6 is 0 Å². The van der Waals surface area contributed by atoms with E-state index in [0.29, 0.717) is 19.0 Å². The summed E-state index contributed by atoms with van der Waals surface area (Å²) in [6.45, 7) is 9.36. The molecule has 17 heavy (non-hydrogen) atoms. The van der Waals surface area contributed by atoms with Crippen LogP contribution in [0, 0.1) is 11.8 Å². The second-order valence-corrected chi connectivity index (χ2v) is 4.77. The number of hydrogen-bond acceptors (Lipinski definition) is 2. The molecule has 3 heteroatoms. The monoisotopic (exact) mass is 236 g/mol. The van der Waals surface area contributed by atoms with Crippen LogP contribution in [-0.4, -0.2) is 30.4 Å². The van der Waals surface area contributed by atoms with Crippen LogP contribution in [0.1, 0.15) is 25.7 Å². The summed E-state index contributed by atoms with van der Waals surface area (Å²) >= 11 is 0. The van der Waals surface area contributed by atoms with Crippen LogP contribution in [0.15, 0.2) is 25.3 Å². The van der Waals surface area contributed by atoms with Gasteiger partial charge in [-0.25, -0.2) is 0 Å². The molecule has 1 aliphatic carbocycles. The molecule has 1 saturated carbocycles. The molecule has 0 bridgehead atoms. The third kappa shape index (κ3) is 4.00. The van der Waals surface area contributed by atoms with E-state index >= 15 is 0 Å². The van der Waals surface area contributed by atoms with Crippen molar-refractivity contribution in [2.75, 3.05) is 19.6 Å². The molecule has 1 aliphatic rings. The SMILES string of the molecule is C=CCN(CC=C)C(=O)C1CCC(CN)CC1. The van der Waals surface area contributed by atoms with Gasteiger partial charge in [0, 0.05) is 19.0 Å². The zero-order chi connectivity index (χ0) is 12.7. The van der Waals surface area contributed by atoms with Crippen LogP contribution in [0.25, 0.3) is 0 Å². The lowest BCUT2D eigenvalue weighted by atomic mass is 9.81. The Balaban J connectivity index is 2.50. The molecule has 2 N–H and O–H groups in total. The molecule has 0 aromatic rings. The van der Waals surface area contributed by atoms with E-state index < -0.39 is 0 Å². The molecule has 0 radical (unpaired) electrons. The van der Waals surface area contributed by atoms with E-state index in [4.69, 9.17) is 5.73 Å². The highest BCUT2D eigenvalue weighted by molar-refractivity contribution is 5.79. The average molecular weight is 236 g/mol. The lowest BCUT2D eigenvalue weighted by Gasteiger charge is -2.30. The second-order valence-electron chi connectivity index (χ2n) is 4.77. The normalized spacial score (nSPS) is 24.1. The van der Waals surface area contributed by atoms with Gasteiger partial charge in [0.25, 0.3) is 0 Å². The molecular weight excluding hydrogens is 212 g/mol. The van der Waals surface area contributed by atoms with Gasteiger partial charge in [0.15, 0.2) is 0 Å². The maximum absolute atomic E-state index is 12.3. The van der Waals surface area contributed by atoms with Crippen molar-refractivity contribution in [3.8, 4) is 0 Å². The predicted octanol–water partition coefficient (Wildman–Crippen LogP) is 1.95. The van der Waals surface area contributed by atoms with E-state index in [0.717, 1.165) is 32.2 Å². The largest absolute Gasteiger partial charge is 0.335 e. The molecule has 0 saturated heterocycles. The zero-order valence-electron chi connectivity index (χ0n) is 10.6. The molecular formula is C14H24N2O. The van der Waals surface area contributed by atoms with Gasteiger partial charge in [-0.2, -0.15) is 0 Å². The van der Waals surface area contributed by atoms with Gasteiger partial charge < -0.3 is 10.6 Å². The number of rotatable bonds is 6. The lowest BCUT2D eigenvalue weighted by Crippen LogP contribution is -2.38. The van der Waals surface area contributed by atoms with E-state index in [2.05, 4.69) is 13.2 Å². The van der Waals surface area contributed by atoms with Gasteiger partial charge in [-0.3, -0.25) is 4.79 Å². The number of amides is 1. The topological polar surface area (TPSA) is 46.3 Å². The van der Waals surface area contributed by atoms with Gasteiger partial charge in [0.2, 0.25) is 5.91 Å². The Kier molecular flexibility index (Phi) is 5.98. The minimum Gasteiger partial charge on any atom is -0.335 e. The summed E-state index contributed by atoms with van der Waals surface area (Å²) in [6.07, 6.45) is 7.67. The van der Waals surface area contributed by atoms with Crippen LogP contribution < -0.4 is 5.73 Å². The highest BCUT2D eigenvalue weighted by Gasteiger charge is 2.28. The number of hydrogen-bond donors (Lipinski definition) is 1. The summed E-state index contributed by atoms with van der Waals surface area (Å²) in [5.41, 5.74) is 5.66. The van der Waals surface area contributed by atoms with Crippen LogP contribution in [0.5, 0.6) is 0 Å². The minimum atomic E-state index is 0.178. The third-order valence-corrected chi connectivity index (χ3v) is 3.54. The van der Waals surface area contributed by atoms with E-state index in [1.165, 1.54) is 0 Å². The molecule has 3 nitrogen and oxygen atoms in total. The predicted molar refractivity (Wildman–Crippen MR) is 71.5 cm³/mol. The number of nitrogens with zero attached hydrogens (tertiary/aromatic N) is 1. The van der Waals surface area contributed by atoms with Gasteiger partial charge in [-0.05, 0) is 38.1 Å². The molecule has 0 aromatic heterocycles. The summed E-state index contributed by atoms with van der Waals surface area (Å²) in [4.78, 5) is 14.1. The van der Waals surface area contributed by atoms with Crippen molar-refractivity contribution in [1.82, 2.24) is 4.90 Å². The Morgan fingerprint density at radius 2 is 1.71 bits per heavy atom. The Bertz CT molecular complexity index is 257. The maximum Gasteiger partial charge on any atom is 0.226 e. The first-order valence-corrected chi connectivity index (χ1v) is 6.43. The fraction of sp³-hybridized carbons (Fsp3) is 0.643. The molecule has 1 rings (SSSR count). The third-order valence-electron chi connectivity index (χ3n) is 3.54. The fourth-order valence-electron chi connectivity index (χ4n) is 2.47. The van der Waals surface area contributed by atoms with Crippen molar-refractivity contribution in [2.45, 2.75) is 25.7 Å². The van der Waals surface area contributed by atoms with Crippen molar-refractivity contribution in [3.05, 3.63) is 25.3 Å². The standard InChI is InChI=1S/C14H24N2O/c1-3-9-16(10-4-2)14(17)13-7-5-12(11-15)6-8-13/h3-4,12-13H,1-2,5-11,15H2. The van der Waals surface area contributed by atoms with E-state index in [-0.39, 0.29) is 11.8 Å². The minimum absolute atomic E-state index is 0.178. The van der Waals surface area contributed by atoms with Gasteiger partial charge in [0.1, 0.15) is 0 Å². The number of carbonyl (C=O) groups excluding carboxylic acids is 1. The van der Waals surface area contributed by atoms with Crippen molar-refractivity contribution in [3.63, 3.8) is 0 Å². The van der Waals surface area contributed by atoms with E-state index in [9.17, 15) is 4.79 Å². The van der Waals surface area contributed by atoms with Gasteiger partial charge in [-0.15, -0.1) is 13.2 Å². The highest BCUT2D eigenvalue weighted by atomic mass is 16.2. The van der Waals surface area contributed by atoms with Crippen molar-refractivity contribution < 1.29 is 4.79 Å². The molecule has 0 unspecified atom stereocenters. The van der Waals surface area contributed by atoms with Crippen molar-refractivity contribution in [2.24, 2.45) is 17.6 Å². The van der Waals surface area contributed by atoms with Crippen molar-refractivity contribution >= 4 is 5.91 Å². The van der Waals surface area contributed by atoms with Crippen LogP contribution in [0.4, 0.5) is 0 Å². The summed E-state index contributed by atoms with van der Waals surface area (Å²) in [6, 6.07) is 0. The fourth-order valence-corrected chi connectivity index (χ4v) is 2.47. The smallest absolute Gasteiger partial charge is 0.226 e. The van der Waals surface area contributed by atoms with Crippen molar-refractivity contribution in [1.29, 1.82) is 0 Å². The molecule has 0 atom stereocenters. The molecule has 1 fully saturated rings. The summed E-state index contributed by atoms with van der Waals surface area (Å²) in [5.74, 6) is 1.05. The molecule has 0 aromatic carbocycles. The Morgan fingerprint density at radius 1 is 1.18 bits per heavy atom. The van der Waals surface area contributed by atoms with Gasteiger partial charge >= 0.3 is 0 Å². The van der Waals surface area contributed by atoms with E-state index in [1.807, 2.05) is 4.90 Å². The first-order chi connectivity index (χ1) is 8.22. The molecule has 0 aliphatic heterocycles. The zero-order valence-corrected chi connectivity index (χ0v) is 10.6. The Morgan fingerprint density at radius 3 is 2.12 bits per heavy atom. The van der Waals surface area contributed by atoms with Gasteiger partial charge in [-0.1, -0.05) is 12.2 Å². The number of carbonyl (C=O) groups is 1. The summed E-state index contributed by atoms with van der Waals surface area (Å²) in [5, 5.41) is 0. The van der Waals surface area contributed by atoms with Gasteiger partial charge in [0.05, 0.1) is 0 Å².